The molecule has 2 unspecified atom stereocenters. The number of primary amides is 1. The fraction of sp³-hybridized carbons (Fsp3) is 0.409. The second-order valence-electron chi connectivity index (χ2n) is 7.47. The van der Waals surface area contributed by atoms with Crippen molar-refractivity contribution in [2.75, 3.05) is 31.1 Å². The van der Waals surface area contributed by atoms with Gasteiger partial charge in [0.05, 0.1) is 0 Å². The van der Waals surface area contributed by atoms with Crippen LogP contribution < -0.4 is 15.4 Å². The first kappa shape index (κ1) is 19.2. The molecule has 3 rings (SSSR count). The lowest BCUT2D eigenvalue weighted by molar-refractivity contribution is 0.252. The monoisotopic (exact) mass is 367 g/mol. The van der Waals surface area contributed by atoms with Gasteiger partial charge >= 0.3 is 6.03 Å². The lowest BCUT2D eigenvalue weighted by Gasteiger charge is -2.24. The number of likely N-dealkylation sites (tertiary alicyclic amines) is 1. The molecule has 1 heterocycles. The van der Waals surface area contributed by atoms with E-state index in [4.69, 9.17) is 10.5 Å². The predicted octanol–water partition coefficient (Wildman–Crippen LogP) is 3.74. The van der Waals surface area contributed by atoms with E-state index in [9.17, 15) is 4.79 Å². The summed E-state index contributed by atoms with van der Waals surface area (Å²) >= 11 is 0. The lowest BCUT2D eigenvalue weighted by Crippen LogP contribution is -2.41. The molecule has 1 aliphatic rings. The molecule has 0 saturated carbocycles. The summed E-state index contributed by atoms with van der Waals surface area (Å²) in [7, 11) is 0. The highest BCUT2D eigenvalue weighted by Crippen LogP contribution is 2.23. The summed E-state index contributed by atoms with van der Waals surface area (Å²) in [6.45, 7) is 8.68. The number of ether oxygens (including phenoxy) is 1. The molecule has 0 aliphatic carbocycles. The number of nitrogens with zero attached hydrogens (tertiary/aromatic N) is 2. The largest absolute Gasteiger partial charge is 0.489 e. The van der Waals surface area contributed by atoms with Gasteiger partial charge in [0, 0.05) is 31.9 Å². The lowest BCUT2D eigenvalue weighted by atomic mass is 10.0. The van der Waals surface area contributed by atoms with Crippen LogP contribution in [-0.4, -0.2) is 37.1 Å². The van der Waals surface area contributed by atoms with Crippen molar-refractivity contribution in [2.45, 2.75) is 20.5 Å². The number of benzene rings is 2. The van der Waals surface area contributed by atoms with Gasteiger partial charge in [-0.3, -0.25) is 4.90 Å². The normalized spacial score (nSPS) is 19.8. The third kappa shape index (κ3) is 5.23. The van der Waals surface area contributed by atoms with Gasteiger partial charge < -0.3 is 15.4 Å². The average molecular weight is 367 g/mol. The summed E-state index contributed by atoms with van der Waals surface area (Å²) < 4.78 is 5.81. The van der Waals surface area contributed by atoms with Crippen LogP contribution >= 0.6 is 0 Å². The molecule has 5 heteroatoms. The van der Waals surface area contributed by atoms with Crippen molar-refractivity contribution in [2.24, 2.45) is 17.6 Å². The number of hydrogen-bond acceptors (Lipinski definition) is 3. The van der Waals surface area contributed by atoms with Crippen LogP contribution in [0.15, 0.2) is 54.6 Å². The van der Waals surface area contributed by atoms with E-state index in [-0.39, 0.29) is 0 Å². The second kappa shape index (κ2) is 8.91. The molecule has 0 bridgehead atoms. The summed E-state index contributed by atoms with van der Waals surface area (Å²) in [5.41, 5.74) is 7.54. The van der Waals surface area contributed by atoms with Gasteiger partial charge in [0.25, 0.3) is 0 Å². The molecule has 27 heavy (non-hydrogen) atoms. The van der Waals surface area contributed by atoms with Crippen molar-refractivity contribution in [3.05, 3.63) is 60.2 Å². The Kier molecular flexibility index (Phi) is 6.35. The Morgan fingerprint density at radius 3 is 2.30 bits per heavy atom. The number of urea groups is 1. The van der Waals surface area contributed by atoms with E-state index in [0.717, 1.165) is 36.6 Å². The Hall–Kier alpha value is -2.53. The van der Waals surface area contributed by atoms with E-state index in [1.807, 2.05) is 54.6 Å². The Morgan fingerprint density at radius 2 is 1.70 bits per heavy atom. The Labute approximate surface area is 161 Å². The van der Waals surface area contributed by atoms with E-state index in [2.05, 4.69) is 18.7 Å². The van der Waals surface area contributed by atoms with Gasteiger partial charge in [-0.05, 0) is 41.7 Å². The zero-order valence-corrected chi connectivity index (χ0v) is 16.2. The summed E-state index contributed by atoms with van der Waals surface area (Å²) in [5.74, 6) is 2.18. The maximum atomic E-state index is 11.9. The van der Waals surface area contributed by atoms with E-state index in [1.54, 1.807) is 4.90 Å². The first-order chi connectivity index (χ1) is 13.0. The molecular weight excluding hydrogens is 338 g/mol. The van der Waals surface area contributed by atoms with Crippen molar-refractivity contribution in [3.8, 4) is 5.75 Å². The number of anilines is 1. The highest BCUT2D eigenvalue weighted by Gasteiger charge is 2.26. The smallest absolute Gasteiger partial charge is 0.319 e. The molecule has 1 saturated heterocycles. The van der Waals surface area contributed by atoms with Crippen LogP contribution in [-0.2, 0) is 6.61 Å². The molecule has 0 spiro atoms. The minimum atomic E-state index is -0.423. The SMILES string of the molecule is CC1CN(CCN(C(N)=O)c2ccc(OCc3ccccc3)cc2)CC1C. The van der Waals surface area contributed by atoms with Gasteiger partial charge in [0.2, 0.25) is 0 Å². The molecule has 2 atom stereocenters. The van der Waals surface area contributed by atoms with Gasteiger partial charge in [-0.15, -0.1) is 0 Å². The first-order valence-electron chi connectivity index (χ1n) is 9.59. The maximum Gasteiger partial charge on any atom is 0.319 e. The molecular formula is C22H29N3O2. The van der Waals surface area contributed by atoms with Crippen LogP contribution in [0.25, 0.3) is 0 Å². The summed E-state index contributed by atoms with van der Waals surface area (Å²) in [6.07, 6.45) is 0. The number of rotatable bonds is 7. The topological polar surface area (TPSA) is 58.8 Å². The number of carbonyl (C=O) groups is 1. The molecule has 5 nitrogen and oxygen atoms in total. The van der Waals surface area contributed by atoms with Crippen molar-refractivity contribution < 1.29 is 9.53 Å². The zero-order valence-electron chi connectivity index (χ0n) is 16.2. The van der Waals surface area contributed by atoms with Crippen molar-refractivity contribution in [1.29, 1.82) is 0 Å². The number of hydrogen-bond donors (Lipinski definition) is 1. The third-order valence-corrected chi connectivity index (χ3v) is 5.37. The van der Waals surface area contributed by atoms with Gasteiger partial charge in [-0.2, -0.15) is 0 Å². The standard InChI is InChI=1S/C22H29N3O2/c1-17-14-24(15-18(17)2)12-13-25(22(23)26)20-8-10-21(11-9-20)27-16-19-6-4-3-5-7-19/h3-11,17-18H,12-16H2,1-2H3,(H2,23,26). The molecule has 1 fully saturated rings. The van der Waals surface area contributed by atoms with E-state index < -0.39 is 6.03 Å². The molecule has 0 aromatic heterocycles. The minimum Gasteiger partial charge on any atom is -0.489 e. The Balaban J connectivity index is 1.56. The van der Waals surface area contributed by atoms with Crippen LogP contribution in [0.1, 0.15) is 19.4 Å². The minimum absolute atomic E-state index is 0.423. The van der Waals surface area contributed by atoms with Crippen molar-refractivity contribution >= 4 is 11.7 Å². The molecule has 144 valence electrons. The van der Waals surface area contributed by atoms with E-state index >= 15 is 0 Å². The third-order valence-electron chi connectivity index (χ3n) is 5.37. The highest BCUT2D eigenvalue weighted by atomic mass is 16.5. The van der Waals surface area contributed by atoms with E-state index in [0.29, 0.717) is 25.0 Å². The van der Waals surface area contributed by atoms with Gasteiger partial charge in [0.15, 0.2) is 0 Å². The van der Waals surface area contributed by atoms with Crippen molar-refractivity contribution in [1.82, 2.24) is 4.90 Å². The fourth-order valence-electron chi connectivity index (χ4n) is 3.50. The highest BCUT2D eigenvalue weighted by molar-refractivity contribution is 5.90. The average Bonchev–Trinajstić information content (AvgIpc) is 2.99. The molecule has 2 amide bonds. The number of amides is 2. The number of carbonyl (C=O) groups excluding carboxylic acids is 1. The summed E-state index contributed by atoms with van der Waals surface area (Å²) in [5, 5.41) is 0. The summed E-state index contributed by atoms with van der Waals surface area (Å²) in [6, 6.07) is 17.2. The van der Waals surface area contributed by atoms with Gasteiger partial charge in [0.1, 0.15) is 12.4 Å². The summed E-state index contributed by atoms with van der Waals surface area (Å²) in [4.78, 5) is 16.0. The van der Waals surface area contributed by atoms with Crippen LogP contribution in [0.5, 0.6) is 5.75 Å². The maximum absolute atomic E-state index is 11.9. The van der Waals surface area contributed by atoms with Crippen molar-refractivity contribution in [3.63, 3.8) is 0 Å². The van der Waals surface area contributed by atoms with Crippen LogP contribution in [0.2, 0.25) is 0 Å². The Morgan fingerprint density at radius 1 is 1.07 bits per heavy atom. The van der Waals surface area contributed by atoms with Crippen LogP contribution in [0.3, 0.4) is 0 Å². The molecule has 1 aliphatic heterocycles. The van der Waals surface area contributed by atoms with Gasteiger partial charge in [-0.1, -0.05) is 44.2 Å². The van der Waals surface area contributed by atoms with Gasteiger partial charge in [-0.25, -0.2) is 4.79 Å². The molecule has 2 aromatic rings. The van der Waals surface area contributed by atoms with Crippen LogP contribution in [0, 0.1) is 11.8 Å². The zero-order chi connectivity index (χ0) is 19.2. The van der Waals surface area contributed by atoms with E-state index in [1.165, 1.54) is 0 Å². The Bertz CT molecular complexity index is 723. The van der Waals surface area contributed by atoms with Crippen LogP contribution in [0.4, 0.5) is 10.5 Å². The quantitative estimate of drug-likeness (QED) is 0.811. The fourth-order valence-corrected chi connectivity index (χ4v) is 3.50. The number of nitrogens with two attached hydrogens (primary N) is 1. The first-order valence-corrected chi connectivity index (χ1v) is 9.59. The predicted molar refractivity (Wildman–Crippen MR) is 109 cm³/mol. The second-order valence-corrected chi connectivity index (χ2v) is 7.47. The molecule has 0 radical (unpaired) electrons. The molecule has 2 N–H and O–H groups in total. The molecule has 2 aromatic carbocycles.